The second kappa shape index (κ2) is 8.36. The lowest BCUT2D eigenvalue weighted by atomic mass is 10.0. The van der Waals surface area contributed by atoms with Crippen molar-refractivity contribution in [3.63, 3.8) is 0 Å². The Bertz CT molecular complexity index is 1170. The summed E-state index contributed by atoms with van der Waals surface area (Å²) in [5.41, 5.74) is 5.76. The predicted molar refractivity (Wildman–Crippen MR) is 128 cm³/mol. The maximum atomic E-state index is 5.84. The molecule has 4 aromatic rings. The highest BCUT2D eigenvalue weighted by Gasteiger charge is 2.41. The van der Waals surface area contributed by atoms with Gasteiger partial charge in [-0.3, -0.25) is 4.98 Å². The molecule has 5 heteroatoms. The summed E-state index contributed by atoms with van der Waals surface area (Å²) < 4.78 is 2.33. The summed E-state index contributed by atoms with van der Waals surface area (Å²) in [6.45, 7) is 2.88. The van der Waals surface area contributed by atoms with E-state index in [4.69, 9.17) is 12.2 Å². The smallest absolute Gasteiger partial charge is 0.170 e. The van der Waals surface area contributed by atoms with Gasteiger partial charge in [-0.2, -0.15) is 0 Å². The van der Waals surface area contributed by atoms with Gasteiger partial charge in [0.2, 0.25) is 0 Å². The third-order valence-electron chi connectivity index (χ3n) is 5.82. The van der Waals surface area contributed by atoms with Crippen LogP contribution in [0.5, 0.6) is 0 Å². The third-order valence-corrected chi connectivity index (χ3v) is 6.17. The molecule has 0 spiro atoms. The van der Waals surface area contributed by atoms with E-state index in [0.29, 0.717) is 0 Å². The van der Waals surface area contributed by atoms with Gasteiger partial charge in [0, 0.05) is 29.8 Å². The predicted octanol–water partition coefficient (Wildman–Crippen LogP) is 5.35. The second-order valence-electron chi connectivity index (χ2n) is 7.81. The van der Waals surface area contributed by atoms with Gasteiger partial charge < -0.3 is 14.8 Å². The number of nitrogens with one attached hydrogen (secondary N) is 1. The van der Waals surface area contributed by atoms with E-state index < -0.39 is 0 Å². The van der Waals surface area contributed by atoms with E-state index in [1.807, 2.05) is 30.5 Å². The van der Waals surface area contributed by atoms with Crippen molar-refractivity contribution in [2.45, 2.75) is 25.6 Å². The van der Waals surface area contributed by atoms with Crippen molar-refractivity contribution in [2.24, 2.45) is 0 Å². The number of thiocarbonyl (C=S) groups is 1. The van der Waals surface area contributed by atoms with Crippen molar-refractivity contribution in [2.75, 3.05) is 0 Å². The number of nitrogens with zero attached hydrogens (tertiary/aromatic N) is 3. The molecule has 0 aliphatic carbocycles. The first kappa shape index (κ1) is 19.5. The highest BCUT2D eigenvalue weighted by Crippen LogP contribution is 2.41. The molecule has 2 aromatic carbocycles. The van der Waals surface area contributed by atoms with Crippen LogP contribution in [0.25, 0.3) is 5.69 Å². The summed E-state index contributed by atoms with van der Waals surface area (Å²) in [5.74, 6) is 0. The molecule has 2 aromatic heterocycles. The minimum absolute atomic E-state index is 0.0107. The van der Waals surface area contributed by atoms with E-state index in [2.05, 4.69) is 93.4 Å². The van der Waals surface area contributed by atoms with E-state index in [1.54, 1.807) is 0 Å². The fraction of sp³-hybridized carbons (Fsp3) is 0.154. The Kier molecular flexibility index (Phi) is 5.26. The largest absolute Gasteiger partial charge is 0.352 e. The van der Waals surface area contributed by atoms with Crippen LogP contribution in [0.3, 0.4) is 0 Å². The lowest BCUT2D eigenvalue weighted by molar-refractivity contribution is 0.302. The van der Waals surface area contributed by atoms with Crippen molar-refractivity contribution in [3.8, 4) is 5.69 Å². The fourth-order valence-corrected chi connectivity index (χ4v) is 4.70. The van der Waals surface area contributed by atoms with Crippen molar-refractivity contribution in [3.05, 3.63) is 120 Å². The monoisotopic (exact) mass is 424 g/mol. The van der Waals surface area contributed by atoms with E-state index in [9.17, 15) is 0 Å². The Hall–Kier alpha value is -3.44. The molecule has 1 fully saturated rings. The van der Waals surface area contributed by atoms with Gasteiger partial charge in [-0.05, 0) is 61.1 Å². The number of aromatic nitrogens is 2. The van der Waals surface area contributed by atoms with Gasteiger partial charge in [-0.25, -0.2) is 0 Å². The zero-order valence-corrected chi connectivity index (χ0v) is 18.2. The molecule has 2 atom stereocenters. The van der Waals surface area contributed by atoms with E-state index in [1.165, 1.54) is 17.0 Å². The lowest BCUT2D eigenvalue weighted by Gasteiger charge is -2.29. The molecule has 1 N–H and O–H groups in total. The Balaban J connectivity index is 1.63. The molecule has 0 saturated carbocycles. The molecule has 0 bridgehead atoms. The molecule has 5 rings (SSSR count). The summed E-state index contributed by atoms with van der Waals surface area (Å²) in [6.07, 6.45) is 1.85. The first-order valence-corrected chi connectivity index (χ1v) is 10.9. The van der Waals surface area contributed by atoms with E-state index >= 15 is 0 Å². The van der Waals surface area contributed by atoms with Gasteiger partial charge in [0.1, 0.15) is 0 Å². The Morgan fingerprint density at radius 2 is 1.58 bits per heavy atom. The highest BCUT2D eigenvalue weighted by atomic mass is 32.1. The van der Waals surface area contributed by atoms with Crippen LogP contribution in [-0.2, 0) is 6.54 Å². The summed E-state index contributed by atoms with van der Waals surface area (Å²) >= 11 is 5.84. The summed E-state index contributed by atoms with van der Waals surface area (Å²) in [5, 5.41) is 4.31. The van der Waals surface area contributed by atoms with E-state index in [0.717, 1.165) is 23.0 Å². The molecular formula is C26H24N4S. The Morgan fingerprint density at radius 3 is 2.29 bits per heavy atom. The average Bonchev–Trinajstić information content (AvgIpc) is 3.35. The maximum absolute atomic E-state index is 5.84. The summed E-state index contributed by atoms with van der Waals surface area (Å²) in [7, 11) is 0. The third kappa shape index (κ3) is 3.73. The molecule has 31 heavy (non-hydrogen) atoms. The van der Waals surface area contributed by atoms with Crippen molar-refractivity contribution >= 4 is 17.3 Å². The van der Waals surface area contributed by atoms with Crippen LogP contribution < -0.4 is 5.32 Å². The van der Waals surface area contributed by atoms with Gasteiger partial charge in [-0.1, -0.05) is 54.6 Å². The molecule has 1 saturated heterocycles. The second-order valence-corrected chi connectivity index (χ2v) is 8.20. The van der Waals surface area contributed by atoms with Crippen LogP contribution in [0.4, 0.5) is 0 Å². The van der Waals surface area contributed by atoms with Gasteiger partial charge in [-0.15, -0.1) is 0 Å². The fourth-order valence-electron chi connectivity index (χ4n) is 4.40. The average molecular weight is 425 g/mol. The number of rotatable bonds is 5. The van der Waals surface area contributed by atoms with Crippen LogP contribution in [-0.4, -0.2) is 19.6 Å². The number of hydrogen-bond acceptors (Lipinski definition) is 2. The van der Waals surface area contributed by atoms with Crippen LogP contribution in [0.2, 0.25) is 0 Å². The SMILES string of the molecule is Cc1ccc(C2C(c3ccccn3)NC(=S)N2Cc2ccccc2)n1-c1ccccc1. The number of pyridine rings is 1. The summed E-state index contributed by atoms with van der Waals surface area (Å²) in [6, 6.07) is 31.4. The lowest BCUT2D eigenvalue weighted by Crippen LogP contribution is -2.30. The maximum Gasteiger partial charge on any atom is 0.170 e. The van der Waals surface area contributed by atoms with Crippen molar-refractivity contribution in [1.29, 1.82) is 0 Å². The van der Waals surface area contributed by atoms with E-state index in [-0.39, 0.29) is 12.1 Å². The molecular weight excluding hydrogens is 400 g/mol. The Morgan fingerprint density at radius 1 is 0.871 bits per heavy atom. The topological polar surface area (TPSA) is 33.1 Å². The number of aryl methyl sites for hydroxylation is 1. The first-order chi connectivity index (χ1) is 15.2. The van der Waals surface area contributed by atoms with Gasteiger partial charge in [0.25, 0.3) is 0 Å². The molecule has 154 valence electrons. The van der Waals surface area contributed by atoms with Crippen LogP contribution in [0.15, 0.2) is 97.2 Å². The van der Waals surface area contributed by atoms with Gasteiger partial charge in [0.05, 0.1) is 17.8 Å². The molecule has 0 radical (unpaired) electrons. The van der Waals surface area contributed by atoms with Crippen LogP contribution in [0, 0.1) is 6.92 Å². The number of benzene rings is 2. The zero-order chi connectivity index (χ0) is 21.2. The van der Waals surface area contributed by atoms with Crippen molar-refractivity contribution in [1.82, 2.24) is 19.8 Å². The van der Waals surface area contributed by atoms with Crippen LogP contribution >= 0.6 is 12.2 Å². The van der Waals surface area contributed by atoms with Crippen LogP contribution in [0.1, 0.15) is 34.7 Å². The van der Waals surface area contributed by atoms with Crippen molar-refractivity contribution < 1.29 is 0 Å². The molecule has 3 heterocycles. The minimum Gasteiger partial charge on any atom is -0.352 e. The molecule has 4 nitrogen and oxygen atoms in total. The zero-order valence-electron chi connectivity index (χ0n) is 17.3. The molecule has 0 amide bonds. The van der Waals surface area contributed by atoms with Gasteiger partial charge in [0.15, 0.2) is 5.11 Å². The first-order valence-electron chi connectivity index (χ1n) is 10.5. The quantitative estimate of drug-likeness (QED) is 0.438. The minimum atomic E-state index is -0.0332. The number of hydrogen-bond donors (Lipinski definition) is 1. The molecule has 1 aliphatic rings. The number of para-hydroxylation sites is 1. The normalized spacial score (nSPS) is 18.2. The van der Waals surface area contributed by atoms with Gasteiger partial charge >= 0.3 is 0 Å². The molecule has 2 unspecified atom stereocenters. The highest BCUT2D eigenvalue weighted by molar-refractivity contribution is 7.80. The standard InChI is InChI=1S/C26H24N4S/c1-19-15-16-23(30(19)21-12-6-3-7-13-21)25-24(22-14-8-9-17-27-22)28-26(31)29(25)18-20-10-4-2-5-11-20/h2-17,24-25H,18H2,1H3,(H,28,31). The Labute approximate surface area is 188 Å². The molecule has 1 aliphatic heterocycles. The summed E-state index contributed by atoms with van der Waals surface area (Å²) in [4.78, 5) is 6.95.